The van der Waals surface area contributed by atoms with E-state index in [1.807, 2.05) is 0 Å². The molecule has 0 fully saturated rings. The van der Waals surface area contributed by atoms with E-state index in [0.29, 0.717) is 0 Å². The summed E-state index contributed by atoms with van der Waals surface area (Å²) in [5, 5.41) is 8.39. The maximum Gasteiger partial charge on any atom is 0.333 e. The number of ether oxygens (including phenoxy) is 1. The predicted molar refractivity (Wildman–Crippen MR) is 42.5 cm³/mol. The molecular weight excluding hydrogens is 160 g/mol. The molecule has 4 heteroatoms. The van der Waals surface area contributed by atoms with Gasteiger partial charge in [-0.3, -0.25) is 0 Å². The van der Waals surface area contributed by atoms with Crippen molar-refractivity contribution in [2.24, 2.45) is 0 Å². The van der Waals surface area contributed by atoms with E-state index in [4.69, 9.17) is 5.11 Å². The molecule has 0 aliphatic rings. The van der Waals surface area contributed by atoms with Crippen molar-refractivity contribution < 1.29 is 19.4 Å². The molecule has 0 atom stereocenters. The molecule has 0 aliphatic heterocycles. The number of esters is 1. The van der Waals surface area contributed by atoms with Crippen LogP contribution in [0.25, 0.3) is 0 Å². The van der Waals surface area contributed by atoms with E-state index in [2.05, 4.69) is 17.9 Å². The van der Waals surface area contributed by atoms with Gasteiger partial charge in [-0.1, -0.05) is 13.2 Å². The Bertz CT molecular complexity index is 239. The molecule has 0 heterocycles. The normalized spacial score (nSPS) is 8.75. The third-order valence-electron chi connectivity index (χ3n) is 1.20. The molecule has 66 valence electrons. The van der Waals surface area contributed by atoms with Crippen molar-refractivity contribution in [3.05, 3.63) is 24.3 Å². The standard InChI is InChI=1S/C8H10O4/c1-5(7(9)10)4-6(2)8(11)12-3/h1-2,4H2,3H3,(H,9,10). The van der Waals surface area contributed by atoms with Gasteiger partial charge in [-0.05, 0) is 0 Å². The van der Waals surface area contributed by atoms with Gasteiger partial charge in [-0.2, -0.15) is 0 Å². The lowest BCUT2D eigenvalue weighted by Gasteiger charge is -2.01. The monoisotopic (exact) mass is 170 g/mol. The van der Waals surface area contributed by atoms with E-state index in [1.165, 1.54) is 7.11 Å². The zero-order valence-corrected chi connectivity index (χ0v) is 6.79. The number of rotatable bonds is 4. The molecular formula is C8H10O4. The van der Waals surface area contributed by atoms with Gasteiger partial charge in [-0.25, -0.2) is 9.59 Å². The fraction of sp³-hybridized carbons (Fsp3) is 0.250. The van der Waals surface area contributed by atoms with Crippen LogP contribution in [0.15, 0.2) is 24.3 Å². The van der Waals surface area contributed by atoms with Gasteiger partial charge in [0.25, 0.3) is 0 Å². The Morgan fingerprint density at radius 1 is 1.33 bits per heavy atom. The highest BCUT2D eigenvalue weighted by Crippen LogP contribution is 2.08. The molecule has 0 bridgehead atoms. The van der Waals surface area contributed by atoms with Crippen molar-refractivity contribution in [2.45, 2.75) is 6.42 Å². The Kier molecular flexibility index (Phi) is 3.76. The Hall–Kier alpha value is -1.58. The van der Waals surface area contributed by atoms with Crippen LogP contribution in [0, 0.1) is 0 Å². The van der Waals surface area contributed by atoms with Crippen LogP contribution in [-0.2, 0) is 14.3 Å². The number of aliphatic carboxylic acids is 1. The Labute approximate surface area is 70.1 Å². The molecule has 0 aliphatic carbocycles. The summed E-state index contributed by atoms with van der Waals surface area (Å²) in [5.74, 6) is -1.75. The maximum absolute atomic E-state index is 10.7. The molecule has 0 radical (unpaired) electrons. The van der Waals surface area contributed by atoms with Gasteiger partial charge < -0.3 is 9.84 Å². The number of carbonyl (C=O) groups is 2. The summed E-state index contributed by atoms with van der Waals surface area (Å²) in [6, 6.07) is 0. The van der Waals surface area contributed by atoms with Crippen LogP contribution in [0.2, 0.25) is 0 Å². The van der Waals surface area contributed by atoms with Gasteiger partial charge in [0.05, 0.1) is 7.11 Å². The molecule has 0 aromatic heterocycles. The van der Waals surface area contributed by atoms with Gasteiger partial charge in [0.2, 0.25) is 0 Å². The molecule has 4 nitrogen and oxygen atoms in total. The van der Waals surface area contributed by atoms with Crippen LogP contribution in [0.3, 0.4) is 0 Å². The average molecular weight is 170 g/mol. The Morgan fingerprint density at radius 3 is 2.17 bits per heavy atom. The molecule has 0 rings (SSSR count). The topological polar surface area (TPSA) is 63.6 Å². The average Bonchev–Trinajstić information content (AvgIpc) is 2.02. The lowest BCUT2D eigenvalue weighted by atomic mass is 10.1. The van der Waals surface area contributed by atoms with Crippen LogP contribution >= 0.6 is 0 Å². The molecule has 0 unspecified atom stereocenters. The SMILES string of the molecule is C=C(CC(=C)C(=O)OC)C(=O)O. The van der Waals surface area contributed by atoms with Gasteiger partial charge >= 0.3 is 11.9 Å². The largest absolute Gasteiger partial charge is 0.478 e. The summed E-state index contributed by atoms with van der Waals surface area (Å²) >= 11 is 0. The first-order valence-electron chi connectivity index (χ1n) is 3.16. The first-order chi connectivity index (χ1) is 5.49. The molecule has 0 amide bonds. The van der Waals surface area contributed by atoms with E-state index in [0.717, 1.165) is 0 Å². The minimum atomic E-state index is -1.14. The number of carboxylic acid groups (broad SMARTS) is 1. The van der Waals surface area contributed by atoms with Gasteiger partial charge in [0.15, 0.2) is 0 Å². The van der Waals surface area contributed by atoms with Gasteiger partial charge in [-0.15, -0.1) is 0 Å². The number of carboxylic acids is 1. The fourth-order valence-corrected chi connectivity index (χ4v) is 0.550. The quantitative estimate of drug-likeness (QED) is 0.499. The minimum Gasteiger partial charge on any atom is -0.478 e. The van der Waals surface area contributed by atoms with E-state index < -0.39 is 11.9 Å². The highest BCUT2D eigenvalue weighted by Gasteiger charge is 2.11. The summed E-state index contributed by atoms with van der Waals surface area (Å²) in [5.41, 5.74) is 0.00954. The summed E-state index contributed by atoms with van der Waals surface area (Å²) < 4.78 is 4.32. The van der Waals surface area contributed by atoms with Crippen LogP contribution in [0.5, 0.6) is 0 Å². The fourth-order valence-electron chi connectivity index (χ4n) is 0.550. The van der Waals surface area contributed by atoms with Crippen LogP contribution in [0.1, 0.15) is 6.42 Å². The minimum absolute atomic E-state index is 0.0675. The number of hydrogen-bond donors (Lipinski definition) is 1. The van der Waals surface area contributed by atoms with Crippen molar-refractivity contribution in [3.8, 4) is 0 Å². The Morgan fingerprint density at radius 2 is 1.83 bits per heavy atom. The first kappa shape index (κ1) is 10.4. The number of hydrogen-bond acceptors (Lipinski definition) is 3. The molecule has 0 saturated heterocycles. The molecule has 0 aromatic carbocycles. The van der Waals surface area contributed by atoms with Crippen LogP contribution in [0.4, 0.5) is 0 Å². The van der Waals surface area contributed by atoms with E-state index in [-0.39, 0.29) is 17.6 Å². The smallest absolute Gasteiger partial charge is 0.333 e. The van der Waals surface area contributed by atoms with E-state index >= 15 is 0 Å². The summed E-state index contributed by atoms with van der Waals surface area (Å²) in [6.45, 7) is 6.59. The zero-order valence-electron chi connectivity index (χ0n) is 6.79. The summed E-state index contributed by atoms with van der Waals surface area (Å²) in [4.78, 5) is 21.0. The molecule has 12 heavy (non-hydrogen) atoms. The second kappa shape index (κ2) is 4.33. The maximum atomic E-state index is 10.7. The van der Waals surface area contributed by atoms with Crippen LogP contribution < -0.4 is 0 Å². The lowest BCUT2D eigenvalue weighted by molar-refractivity contribution is -0.136. The number of methoxy groups -OCH3 is 1. The summed E-state index contributed by atoms with van der Waals surface area (Å²) in [7, 11) is 1.21. The Balaban J connectivity index is 4.11. The molecule has 0 saturated carbocycles. The van der Waals surface area contributed by atoms with Crippen molar-refractivity contribution in [1.82, 2.24) is 0 Å². The van der Waals surface area contributed by atoms with E-state index in [1.54, 1.807) is 0 Å². The highest BCUT2D eigenvalue weighted by molar-refractivity contribution is 5.92. The first-order valence-corrected chi connectivity index (χ1v) is 3.16. The highest BCUT2D eigenvalue weighted by atomic mass is 16.5. The zero-order chi connectivity index (χ0) is 9.72. The molecule has 1 N–H and O–H groups in total. The molecule has 0 spiro atoms. The predicted octanol–water partition coefficient (Wildman–Crippen LogP) is 0.746. The van der Waals surface area contributed by atoms with Crippen molar-refractivity contribution in [1.29, 1.82) is 0 Å². The van der Waals surface area contributed by atoms with Gasteiger partial charge in [0, 0.05) is 17.6 Å². The summed E-state index contributed by atoms with van der Waals surface area (Å²) in [6.07, 6.45) is -0.0675. The van der Waals surface area contributed by atoms with Crippen molar-refractivity contribution >= 4 is 11.9 Å². The molecule has 0 aromatic rings. The second-order valence-corrected chi connectivity index (χ2v) is 2.18. The lowest BCUT2D eigenvalue weighted by Crippen LogP contribution is -2.07. The third kappa shape index (κ3) is 3.01. The van der Waals surface area contributed by atoms with Crippen molar-refractivity contribution in [2.75, 3.05) is 7.11 Å². The van der Waals surface area contributed by atoms with Crippen LogP contribution in [-0.4, -0.2) is 24.2 Å². The third-order valence-corrected chi connectivity index (χ3v) is 1.20. The second-order valence-electron chi connectivity index (χ2n) is 2.18. The number of carbonyl (C=O) groups excluding carboxylic acids is 1. The van der Waals surface area contributed by atoms with E-state index in [9.17, 15) is 9.59 Å². The van der Waals surface area contributed by atoms with Gasteiger partial charge in [0.1, 0.15) is 0 Å². The van der Waals surface area contributed by atoms with Crippen molar-refractivity contribution in [3.63, 3.8) is 0 Å².